The molecule has 0 saturated heterocycles. The zero-order valence-corrected chi connectivity index (χ0v) is 30.6. The molecule has 1 aliphatic carbocycles. The molecule has 4 atom stereocenters. The molecule has 254 valence electrons. The van der Waals surface area contributed by atoms with Crippen molar-refractivity contribution in [1.29, 1.82) is 0 Å². The van der Waals surface area contributed by atoms with Crippen molar-refractivity contribution in [3.8, 4) is 11.1 Å². The lowest BCUT2D eigenvalue weighted by Crippen LogP contribution is -2.45. The van der Waals surface area contributed by atoms with E-state index >= 15 is 0 Å². The summed E-state index contributed by atoms with van der Waals surface area (Å²) in [6, 6.07) is 17.9. The van der Waals surface area contributed by atoms with Crippen LogP contribution < -0.4 is 0 Å². The highest BCUT2D eigenvalue weighted by Gasteiger charge is 2.40. The monoisotopic (exact) mass is 648 g/mol. The Morgan fingerprint density at radius 2 is 1.57 bits per heavy atom. The van der Waals surface area contributed by atoms with Crippen molar-refractivity contribution in [3.63, 3.8) is 0 Å². The second-order valence-corrected chi connectivity index (χ2v) is 19.7. The summed E-state index contributed by atoms with van der Waals surface area (Å²) >= 11 is 0. The molecule has 0 bridgehead atoms. The Labute approximate surface area is 280 Å². The third-order valence-corrected chi connectivity index (χ3v) is 14.8. The lowest BCUT2D eigenvalue weighted by molar-refractivity contribution is -0.137. The molecule has 46 heavy (non-hydrogen) atoms. The standard InChI is InChI=1S/C40H60O5Si/c1-8-9-17-30(2)36(45-46(6,7)40(3,4)5)28-26-33-27-29-37(35(33)20-15-10-11-16-21-38(41)42)44-39(43)34-24-22-32(23-25-34)31-18-13-12-14-19-31/h12-14,18-19,22-25,27,30,35-37H,8-11,15-17,20-21,26,28-29H2,1-7H3,(H,41,42)/t30?,35-,36+,37+/m1/s1. The first-order valence-electron chi connectivity index (χ1n) is 17.8. The summed E-state index contributed by atoms with van der Waals surface area (Å²) in [5.41, 5.74) is 4.17. The number of carbonyl (C=O) groups excluding carboxylic acids is 1. The quantitative estimate of drug-likeness (QED) is 0.0710. The highest BCUT2D eigenvalue weighted by Crippen LogP contribution is 2.41. The number of aliphatic carboxylic acids is 1. The number of benzene rings is 2. The zero-order valence-electron chi connectivity index (χ0n) is 29.6. The molecule has 0 spiro atoms. The fraction of sp³-hybridized carbons (Fsp3) is 0.600. The maximum atomic E-state index is 13.4. The number of esters is 1. The Balaban J connectivity index is 1.70. The number of hydrogen-bond acceptors (Lipinski definition) is 4. The van der Waals surface area contributed by atoms with Crippen LogP contribution in [0.15, 0.2) is 66.2 Å². The van der Waals surface area contributed by atoms with Gasteiger partial charge < -0.3 is 14.3 Å². The molecule has 2 aromatic rings. The van der Waals surface area contributed by atoms with Crippen molar-refractivity contribution in [2.24, 2.45) is 11.8 Å². The fourth-order valence-corrected chi connectivity index (χ4v) is 7.74. The Bertz CT molecular complexity index is 1240. The van der Waals surface area contributed by atoms with Crippen LogP contribution in [-0.4, -0.2) is 37.6 Å². The van der Waals surface area contributed by atoms with Crippen LogP contribution in [0, 0.1) is 11.8 Å². The van der Waals surface area contributed by atoms with Gasteiger partial charge in [-0.2, -0.15) is 0 Å². The molecule has 1 aliphatic rings. The van der Waals surface area contributed by atoms with Crippen molar-refractivity contribution in [3.05, 3.63) is 71.8 Å². The molecule has 1 unspecified atom stereocenters. The highest BCUT2D eigenvalue weighted by atomic mass is 28.4. The van der Waals surface area contributed by atoms with E-state index in [1.54, 1.807) is 0 Å². The Morgan fingerprint density at radius 3 is 2.20 bits per heavy atom. The average Bonchev–Trinajstić information content (AvgIpc) is 3.39. The highest BCUT2D eigenvalue weighted by molar-refractivity contribution is 6.74. The lowest BCUT2D eigenvalue weighted by Gasteiger charge is -2.41. The molecule has 6 heteroatoms. The normalized spacial score (nSPS) is 18.2. The molecule has 0 fully saturated rings. The Morgan fingerprint density at radius 1 is 0.913 bits per heavy atom. The van der Waals surface area contributed by atoms with Crippen molar-refractivity contribution in [2.45, 2.75) is 142 Å². The maximum Gasteiger partial charge on any atom is 0.338 e. The predicted octanol–water partition coefficient (Wildman–Crippen LogP) is 11.2. The minimum atomic E-state index is -1.94. The van der Waals surface area contributed by atoms with Crippen LogP contribution in [0.1, 0.15) is 122 Å². The molecular formula is C40H60O5Si. The number of unbranched alkanes of at least 4 members (excludes halogenated alkanes) is 4. The van der Waals surface area contributed by atoms with Gasteiger partial charge in [-0.3, -0.25) is 4.79 Å². The van der Waals surface area contributed by atoms with Gasteiger partial charge in [0.05, 0.1) is 5.56 Å². The van der Waals surface area contributed by atoms with Gasteiger partial charge in [-0.15, -0.1) is 0 Å². The number of carbonyl (C=O) groups is 2. The molecule has 0 aliphatic heterocycles. The summed E-state index contributed by atoms with van der Waals surface area (Å²) in [4.78, 5) is 24.3. The van der Waals surface area contributed by atoms with Gasteiger partial charge in [0.15, 0.2) is 8.32 Å². The molecule has 3 rings (SSSR count). The van der Waals surface area contributed by atoms with Crippen LogP contribution in [0.4, 0.5) is 0 Å². The smallest absolute Gasteiger partial charge is 0.338 e. The summed E-state index contributed by atoms with van der Waals surface area (Å²) in [7, 11) is -1.94. The topological polar surface area (TPSA) is 72.8 Å². The van der Waals surface area contributed by atoms with Gasteiger partial charge >= 0.3 is 11.9 Å². The summed E-state index contributed by atoms with van der Waals surface area (Å²) in [5.74, 6) is -0.312. The van der Waals surface area contributed by atoms with Crippen molar-refractivity contribution < 1.29 is 23.9 Å². The number of ether oxygens (including phenoxy) is 1. The van der Waals surface area contributed by atoms with Crippen molar-refractivity contribution in [1.82, 2.24) is 0 Å². The van der Waals surface area contributed by atoms with Crippen LogP contribution in [-0.2, 0) is 14.0 Å². The van der Waals surface area contributed by atoms with E-state index in [0.717, 1.165) is 56.1 Å². The summed E-state index contributed by atoms with van der Waals surface area (Å²) in [5, 5.41) is 9.16. The van der Waals surface area contributed by atoms with E-state index in [9.17, 15) is 9.59 Å². The van der Waals surface area contributed by atoms with Gasteiger partial charge in [-0.1, -0.05) is 121 Å². The number of rotatable bonds is 19. The van der Waals surface area contributed by atoms with Crippen LogP contribution in [0.5, 0.6) is 0 Å². The van der Waals surface area contributed by atoms with E-state index in [-0.39, 0.29) is 35.6 Å². The molecule has 5 nitrogen and oxygen atoms in total. The largest absolute Gasteiger partial charge is 0.481 e. The van der Waals surface area contributed by atoms with Crippen LogP contribution >= 0.6 is 0 Å². The van der Waals surface area contributed by atoms with Crippen molar-refractivity contribution in [2.75, 3.05) is 0 Å². The fourth-order valence-electron chi connectivity index (χ4n) is 6.28. The predicted molar refractivity (Wildman–Crippen MR) is 193 cm³/mol. The molecule has 0 saturated carbocycles. The molecule has 1 N–H and O–H groups in total. The van der Waals surface area contributed by atoms with Gasteiger partial charge in [-0.05, 0) is 79.4 Å². The van der Waals surface area contributed by atoms with Gasteiger partial charge in [0.25, 0.3) is 0 Å². The minimum Gasteiger partial charge on any atom is -0.481 e. The molecule has 2 aromatic carbocycles. The molecule has 0 radical (unpaired) electrons. The summed E-state index contributed by atoms with van der Waals surface area (Å²) in [6.45, 7) is 16.3. The number of carboxylic acid groups (broad SMARTS) is 1. The van der Waals surface area contributed by atoms with Gasteiger partial charge in [0, 0.05) is 24.9 Å². The lowest BCUT2D eigenvalue weighted by atomic mass is 9.87. The first kappa shape index (κ1) is 37.8. The van der Waals surface area contributed by atoms with E-state index in [0.29, 0.717) is 17.9 Å². The van der Waals surface area contributed by atoms with Crippen LogP contribution in [0.2, 0.25) is 18.1 Å². The number of hydrogen-bond donors (Lipinski definition) is 1. The molecule has 0 amide bonds. The second kappa shape index (κ2) is 18.0. The van der Waals surface area contributed by atoms with Crippen LogP contribution in [0.3, 0.4) is 0 Å². The van der Waals surface area contributed by atoms with Crippen LogP contribution in [0.25, 0.3) is 11.1 Å². The maximum absolute atomic E-state index is 13.4. The Hall–Kier alpha value is -2.70. The Kier molecular flexibility index (Phi) is 14.8. The SMILES string of the molecule is CCCCC(C)[C@H](CCC1=CC[C@H](OC(=O)c2ccc(-c3ccccc3)cc2)[C@@H]1CCCCCCC(=O)O)O[Si](C)(C)C(C)(C)C. The number of carboxylic acids is 1. The first-order chi connectivity index (χ1) is 21.8. The molecule has 0 aromatic heterocycles. The van der Waals surface area contributed by atoms with E-state index in [2.05, 4.69) is 65.9 Å². The van der Waals surface area contributed by atoms with E-state index in [1.807, 2.05) is 42.5 Å². The molecule has 0 heterocycles. The van der Waals surface area contributed by atoms with Gasteiger partial charge in [0.2, 0.25) is 0 Å². The summed E-state index contributed by atoms with van der Waals surface area (Å²) < 4.78 is 13.3. The van der Waals surface area contributed by atoms with Gasteiger partial charge in [0.1, 0.15) is 6.10 Å². The van der Waals surface area contributed by atoms with Crippen molar-refractivity contribution >= 4 is 20.3 Å². The summed E-state index contributed by atoms with van der Waals surface area (Å²) in [6.07, 6.45) is 13.4. The third kappa shape index (κ3) is 11.5. The first-order valence-corrected chi connectivity index (χ1v) is 20.7. The second-order valence-electron chi connectivity index (χ2n) is 14.9. The van der Waals surface area contributed by atoms with E-state index < -0.39 is 14.3 Å². The molecular weight excluding hydrogens is 589 g/mol. The average molecular weight is 649 g/mol. The van der Waals surface area contributed by atoms with E-state index in [1.165, 1.54) is 24.8 Å². The van der Waals surface area contributed by atoms with E-state index in [4.69, 9.17) is 14.3 Å². The zero-order chi connectivity index (χ0) is 33.7. The minimum absolute atomic E-state index is 0.157. The van der Waals surface area contributed by atoms with Gasteiger partial charge in [-0.25, -0.2) is 4.79 Å². The third-order valence-electron chi connectivity index (χ3n) is 10.3.